The lowest BCUT2D eigenvalue weighted by molar-refractivity contribution is 0.167. The molecule has 1 saturated heterocycles. The fourth-order valence-corrected chi connectivity index (χ4v) is 1.58. The summed E-state index contributed by atoms with van der Waals surface area (Å²) in [6.45, 7) is 2.29. The molecule has 0 spiro atoms. The fraction of sp³-hybridized carbons (Fsp3) is 0.500. The molecule has 76 valence electrons. The molecule has 0 N–H and O–H groups in total. The van der Waals surface area contributed by atoms with E-state index in [2.05, 4.69) is 4.98 Å². The first-order chi connectivity index (χ1) is 6.86. The number of halogens is 1. The first-order valence-electron chi connectivity index (χ1n) is 4.67. The van der Waals surface area contributed by atoms with E-state index in [1.54, 1.807) is 6.20 Å². The summed E-state index contributed by atoms with van der Waals surface area (Å²) in [5.74, 6) is 1.15. The molecule has 2 heterocycles. The van der Waals surface area contributed by atoms with Gasteiger partial charge in [0.2, 0.25) is 0 Å². The Morgan fingerprint density at radius 3 is 3.29 bits per heavy atom. The SMILES string of the molecule is Clc1ncccc1OCC1CCOC1. The van der Waals surface area contributed by atoms with E-state index in [0.717, 1.165) is 19.6 Å². The van der Waals surface area contributed by atoms with Gasteiger partial charge in [0, 0.05) is 18.7 Å². The Balaban J connectivity index is 1.88. The Morgan fingerprint density at radius 2 is 2.57 bits per heavy atom. The first-order valence-corrected chi connectivity index (χ1v) is 5.05. The minimum Gasteiger partial charge on any atom is -0.490 e. The largest absolute Gasteiger partial charge is 0.490 e. The number of nitrogens with zero attached hydrogens (tertiary/aromatic N) is 1. The highest BCUT2D eigenvalue weighted by molar-refractivity contribution is 6.30. The highest BCUT2D eigenvalue weighted by Crippen LogP contribution is 2.22. The van der Waals surface area contributed by atoms with E-state index in [0.29, 0.717) is 23.4 Å². The Morgan fingerprint density at radius 1 is 1.64 bits per heavy atom. The monoisotopic (exact) mass is 213 g/mol. The van der Waals surface area contributed by atoms with Crippen LogP contribution in [-0.2, 0) is 4.74 Å². The topological polar surface area (TPSA) is 31.4 Å². The number of hydrogen-bond donors (Lipinski definition) is 0. The summed E-state index contributed by atoms with van der Waals surface area (Å²) < 4.78 is 10.8. The zero-order chi connectivity index (χ0) is 9.80. The summed E-state index contributed by atoms with van der Waals surface area (Å²) in [6, 6.07) is 3.64. The van der Waals surface area contributed by atoms with Crippen molar-refractivity contribution in [2.24, 2.45) is 5.92 Å². The molecule has 1 atom stereocenters. The van der Waals surface area contributed by atoms with Gasteiger partial charge in [0.05, 0.1) is 13.2 Å². The van der Waals surface area contributed by atoms with E-state index in [-0.39, 0.29) is 0 Å². The molecule has 14 heavy (non-hydrogen) atoms. The third kappa shape index (κ3) is 2.36. The van der Waals surface area contributed by atoms with Gasteiger partial charge in [-0.1, -0.05) is 11.6 Å². The van der Waals surface area contributed by atoms with Gasteiger partial charge < -0.3 is 9.47 Å². The second kappa shape index (κ2) is 4.62. The van der Waals surface area contributed by atoms with Crippen molar-refractivity contribution in [1.29, 1.82) is 0 Å². The van der Waals surface area contributed by atoms with Crippen LogP contribution in [0.4, 0.5) is 0 Å². The van der Waals surface area contributed by atoms with Gasteiger partial charge in [0.15, 0.2) is 10.9 Å². The van der Waals surface area contributed by atoms with Crippen molar-refractivity contribution in [3.05, 3.63) is 23.5 Å². The van der Waals surface area contributed by atoms with Crippen molar-refractivity contribution in [3.63, 3.8) is 0 Å². The summed E-state index contributed by atoms with van der Waals surface area (Å²) in [5.41, 5.74) is 0. The molecule has 0 radical (unpaired) electrons. The molecular formula is C10H12ClNO2. The van der Waals surface area contributed by atoms with E-state index >= 15 is 0 Å². The maximum atomic E-state index is 5.84. The number of rotatable bonds is 3. The first kappa shape index (κ1) is 9.74. The number of aromatic nitrogens is 1. The summed E-state index contributed by atoms with van der Waals surface area (Å²) in [6.07, 6.45) is 2.71. The van der Waals surface area contributed by atoms with Crippen LogP contribution in [0.15, 0.2) is 18.3 Å². The third-order valence-electron chi connectivity index (χ3n) is 2.22. The van der Waals surface area contributed by atoms with Crippen molar-refractivity contribution >= 4 is 11.6 Å². The van der Waals surface area contributed by atoms with Crippen LogP contribution in [0.1, 0.15) is 6.42 Å². The van der Waals surface area contributed by atoms with Gasteiger partial charge in [-0.05, 0) is 18.6 Å². The van der Waals surface area contributed by atoms with Crippen LogP contribution in [-0.4, -0.2) is 24.8 Å². The van der Waals surface area contributed by atoms with E-state index < -0.39 is 0 Å². The minimum absolute atomic E-state index is 0.423. The fourth-order valence-electron chi connectivity index (χ4n) is 1.40. The molecule has 1 aliphatic heterocycles. The van der Waals surface area contributed by atoms with E-state index in [9.17, 15) is 0 Å². The Kier molecular flexibility index (Phi) is 3.22. The molecule has 1 unspecified atom stereocenters. The van der Waals surface area contributed by atoms with E-state index in [4.69, 9.17) is 21.1 Å². The van der Waals surface area contributed by atoms with Gasteiger partial charge in [0.25, 0.3) is 0 Å². The molecule has 1 aromatic rings. The molecule has 0 saturated carbocycles. The minimum atomic E-state index is 0.423. The van der Waals surface area contributed by atoms with Crippen LogP contribution < -0.4 is 4.74 Å². The zero-order valence-electron chi connectivity index (χ0n) is 7.78. The van der Waals surface area contributed by atoms with Crippen molar-refractivity contribution < 1.29 is 9.47 Å². The highest BCUT2D eigenvalue weighted by Gasteiger charge is 2.16. The molecule has 1 aliphatic rings. The second-order valence-corrected chi connectivity index (χ2v) is 3.69. The lowest BCUT2D eigenvalue weighted by atomic mass is 10.1. The highest BCUT2D eigenvalue weighted by atomic mass is 35.5. The lowest BCUT2D eigenvalue weighted by Crippen LogP contribution is -2.11. The summed E-state index contributed by atoms with van der Waals surface area (Å²) in [4.78, 5) is 3.93. The van der Waals surface area contributed by atoms with E-state index in [1.807, 2.05) is 12.1 Å². The molecule has 0 amide bonds. The molecule has 1 fully saturated rings. The van der Waals surface area contributed by atoms with Crippen LogP contribution >= 0.6 is 11.6 Å². The molecule has 2 rings (SSSR count). The molecule has 3 nitrogen and oxygen atoms in total. The van der Waals surface area contributed by atoms with Gasteiger partial charge in [-0.2, -0.15) is 0 Å². The van der Waals surface area contributed by atoms with Crippen molar-refractivity contribution in [2.75, 3.05) is 19.8 Å². The standard InChI is InChI=1S/C10H12ClNO2/c11-10-9(2-1-4-12-10)14-7-8-3-5-13-6-8/h1-2,4,8H,3,5-7H2. The smallest absolute Gasteiger partial charge is 0.171 e. The summed E-state index contributed by atoms with van der Waals surface area (Å²) in [5, 5.41) is 0.423. The van der Waals surface area contributed by atoms with Gasteiger partial charge in [0.1, 0.15) is 0 Å². The average Bonchev–Trinajstić information content (AvgIpc) is 2.69. The van der Waals surface area contributed by atoms with Crippen LogP contribution in [0, 0.1) is 5.92 Å². The van der Waals surface area contributed by atoms with Gasteiger partial charge in [-0.15, -0.1) is 0 Å². The number of pyridine rings is 1. The lowest BCUT2D eigenvalue weighted by Gasteiger charge is -2.10. The van der Waals surface area contributed by atoms with E-state index in [1.165, 1.54) is 0 Å². The quantitative estimate of drug-likeness (QED) is 0.721. The van der Waals surface area contributed by atoms with Gasteiger partial charge in [-0.25, -0.2) is 4.98 Å². The normalized spacial score (nSPS) is 21.1. The van der Waals surface area contributed by atoms with Crippen molar-refractivity contribution in [3.8, 4) is 5.75 Å². The maximum absolute atomic E-state index is 5.84. The van der Waals surface area contributed by atoms with Crippen molar-refractivity contribution in [1.82, 2.24) is 4.98 Å². The second-order valence-electron chi connectivity index (χ2n) is 3.33. The van der Waals surface area contributed by atoms with Crippen LogP contribution in [0.25, 0.3) is 0 Å². The zero-order valence-corrected chi connectivity index (χ0v) is 8.54. The summed E-state index contributed by atoms with van der Waals surface area (Å²) in [7, 11) is 0. The summed E-state index contributed by atoms with van der Waals surface area (Å²) >= 11 is 5.84. The molecule has 1 aromatic heterocycles. The van der Waals surface area contributed by atoms with Gasteiger partial charge >= 0.3 is 0 Å². The van der Waals surface area contributed by atoms with Crippen molar-refractivity contribution in [2.45, 2.75) is 6.42 Å². The van der Waals surface area contributed by atoms with Crippen LogP contribution in [0.2, 0.25) is 5.15 Å². The Labute approximate surface area is 88.0 Å². The third-order valence-corrected chi connectivity index (χ3v) is 2.51. The predicted molar refractivity (Wildman–Crippen MR) is 53.7 cm³/mol. The molecule has 0 aliphatic carbocycles. The van der Waals surface area contributed by atoms with Gasteiger partial charge in [-0.3, -0.25) is 0 Å². The molecule has 0 aromatic carbocycles. The Bertz CT molecular complexity index is 300. The van der Waals surface area contributed by atoms with Crippen LogP contribution in [0.5, 0.6) is 5.75 Å². The number of ether oxygens (including phenoxy) is 2. The molecule has 0 bridgehead atoms. The van der Waals surface area contributed by atoms with Crippen LogP contribution in [0.3, 0.4) is 0 Å². The molecular weight excluding hydrogens is 202 g/mol. The Hall–Kier alpha value is -0.800. The number of hydrogen-bond acceptors (Lipinski definition) is 3. The predicted octanol–water partition coefficient (Wildman–Crippen LogP) is 2.15. The molecule has 4 heteroatoms. The average molecular weight is 214 g/mol. The maximum Gasteiger partial charge on any atom is 0.171 e.